The van der Waals surface area contributed by atoms with Gasteiger partial charge in [0.05, 0.1) is 0 Å². The Morgan fingerprint density at radius 2 is 1.81 bits per heavy atom. The standard InChI is InChI=1S/C16H32N4O/c1-16(2,3)19-15(18-12-14(21)20(4)5)17-11-13-9-7-6-8-10-13/h13H,6-12H2,1-5H3,(H2,17,18,19). The van der Waals surface area contributed by atoms with E-state index in [9.17, 15) is 4.79 Å². The molecule has 5 heteroatoms. The zero-order valence-electron chi connectivity index (χ0n) is 14.3. The second-order valence-electron chi connectivity index (χ2n) is 7.21. The smallest absolute Gasteiger partial charge is 0.243 e. The first-order valence-electron chi connectivity index (χ1n) is 8.04. The van der Waals surface area contributed by atoms with Crippen molar-refractivity contribution in [2.24, 2.45) is 10.9 Å². The highest BCUT2D eigenvalue weighted by molar-refractivity contribution is 5.85. The topological polar surface area (TPSA) is 56.7 Å². The Hall–Kier alpha value is -1.26. The maximum atomic E-state index is 11.7. The fraction of sp³-hybridized carbons (Fsp3) is 0.875. The molecule has 0 aliphatic heterocycles. The minimum absolute atomic E-state index is 0.0164. The van der Waals surface area contributed by atoms with Crippen LogP contribution >= 0.6 is 0 Å². The van der Waals surface area contributed by atoms with Crippen LogP contribution in [0.25, 0.3) is 0 Å². The quantitative estimate of drug-likeness (QED) is 0.616. The van der Waals surface area contributed by atoms with Crippen molar-refractivity contribution in [3.63, 3.8) is 0 Å². The van der Waals surface area contributed by atoms with Crippen molar-refractivity contribution >= 4 is 11.9 Å². The van der Waals surface area contributed by atoms with Gasteiger partial charge in [-0.25, -0.2) is 4.99 Å². The van der Waals surface area contributed by atoms with Gasteiger partial charge in [0.25, 0.3) is 0 Å². The van der Waals surface area contributed by atoms with Gasteiger partial charge in [0.2, 0.25) is 5.91 Å². The molecule has 1 rings (SSSR count). The Morgan fingerprint density at radius 3 is 2.33 bits per heavy atom. The number of hydrogen-bond acceptors (Lipinski definition) is 2. The lowest BCUT2D eigenvalue weighted by Gasteiger charge is -2.27. The van der Waals surface area contributed by atoms with E-state index in [0.29, 0.717) is 0 Å². The van der Waals surface area contributed by atoms with Crippen LogP contribution in [0.3, 0.4) is 0 Å². The lowest BCUT2D eigenvalue weighted by molar-refractivity contribution is -0.127. The molecule has 1 saturated carbocycles. The number of aliphatic imine (C=N–C) groups is 1. The molecular weight excluding hydrogens is 264 g/mol. The highest BCUT2D eigenvalue weighted by Crippen LogP contribution is 2.22. The summed E-state index contributed by atoms with van der Waals surface area (Å²) in [5, 5.41) is 6.77. The molecule has 0 saturated heterocycles. The number of carbonyl (C=O) groups is 1. The van der Waals surface area contributed by atoms with Gasteiger partial charge in [-0.2, -0.15) is 0 Å². The third-order valence-corrected chi connectivity index (χ3v) is 3.65. The van der Waals surface area contributed by atoms with E-state index in [0.717, 1.165) is 18.4 Å². The largest absolute Gasteiger partial charge is 0.356 e. The van der Waals surface area contributed by atoms with Crippen LogP contribution in [0.4, 0.5) is 0 Å². The predicted molar refractivity (Wildman–Crippen MR) is 88.5 cm³/mol. The van der Waals surface area contributed by atoms with Crippen molar-refractivity contribution in [3.8, 4) is 0 Å². The second-order valence-corrected chi connectivity index (χ2v) is 7.21. The zero-order chi connectivity index (χ0) is 15.9. The van der Waals surface area contributed by atoms with Gasteiger partial charge in [-0.3, -0.25) is 4.79 Å². The van der Waals surface area contributed by atoms with E-state index in [1.54, 1.807) is 19.0 Å². The Labute approximate surface area is 129 Å². The molecule has 0 unspecified atom stereocenters. The summed E-state index contributed by atoms with van der Waals surface area (Å²) in [4.78, 5) is 17.7. The zero-order valence-corrected chi connectivity index (χ0v) is 14.3. The van der Waals surface area contributed by atoms with Gasteiger partial charge in [0.1, 0.15) is 6.54 Å². The van der Waals surface area contributed by atoms with Crippen LogP contribution in [0.5, 0.6) is 0 Å². The molecule has 5 nitrogen and oxygen atoms in total. The van der Waals surface area contributed by atoms with Crippen LogP contribution in [0.15, 0.2) is 4.99 Å². The molecule has 0 aromatic carbocycles. The summed E-state index contributed by atoms with van der Waals surface area (Å²) in [5.74, 6) is 1.49. The number of likely N-dealkylation sites (N-methyl/N-ethyl adjacent to an activating group) is 1. The lowest BCUT2D eigenvalue weighted by Crippen LogP contribution is -2.49. The first-order valence-corrected chi connectivity index (χ1v) is 8.04. The fourth-order valence-electron chi connectivity index (χ4n) is 2.42. The van der Waals surface area contributed by atoms with Crippen molar-refractivity contribution in [3.05, 3.63) is 0 Å². The Bertz CT molecular complexity index is 352. The van der Waals surface area contributed by atoms with Crippen molar-refractivity contribution in [1.82, 2.24) is 15.5 Å². The van der Waals surface area contributed by atoms with Crippen LogP contribution in [0.2, 0.25) is 0 Å². The molecule has 1 aliphatic carbocycles. The first-order chi connectivity index (χ1) is 9.78. The summed E-state index contributed by atoms with van der Waals surface area (Å²) in [6.45, 7) is 7.41. The number of rotatable bonds is 4. The Kier molecular flexibility index (Phi) is 6.99. The average Bonchev–Trinajstić information content (AvgIpc) is 2.41. The molecule has 1 fully saturated rings. The third-order valence-electron chi connectivity index (χ3n) is 3.65. The van der Waals surface area contributed by atoms with Gasteiger partial charge < -0.3 is 15.5 Å². The molecule has 0 heterocycles. The normalized spacial score (nSPS) is 17.5. The summed E-state index contributed by atoms with van der Waals surface area (Å²) in [7, 11) is 3.51. The molecule has 2 N–H and O–H groups in total. The van der Waals surface area contributed by atoms with Crippen molar-refractivity contribution in [1.29, 1.82) is 0 Å². The van der Waals surface area contributed by atoms with E-state index in [2.05, 4.69) is 36.4 Å². The Balaban J connectivity index is 2.54. The number of nitrogens with zero attached hydrogens (tertiary/aromatic N) is 2. The molecule has 0 radical (unpaired) electrons. The maximum absolute atomic E-state index is 11.7. The molecule has 21 heavy (non-hydrogen) atoms. The molecule has 122 valence electrons. The Morgan fingerprint density at radius 1 is 1.19 bits per heavy atom. The molecular formula is C16H32N4O. The van der Waals surface area contributed by atoms with E-state index in [4.69, 9.17) is 0 Å². The third kappa shape index (κ3) is 7.93. The number of carbonyl (C=O) groups excluding carboxylic acids is 1. The molecule has 1 amide bonds. The van der Waals surface area contributed by atoms with Crippen LogP contribution in [0, 0.1) is 5.92 Å². The monoisotopic (exact) mass is 296 g/mol. The first kappa shape index (κ1) is 17.8. The molecule has 0 bridgehead atoms. The summed E-state index contributed by atoms with van der Waals surface area (Å²) < 4.78 is 0. The van der Waals surface area contributed by atoms with E-state index in [1.807, 2.05) is 0 Å². The number of nitrogens with one attached hydrogen (secondary N) is 2. The SMILES string of the molecule is CN(C)C(=O)CN=C(NCC1CCCCC1)NC(C)(C)C. The minimum Gasteiger partial charge on any atom is -0.356 e. The highest BCUT2D eigenvalue weighted by atomic mass is 16.2. The minimum atomic E-state index is -0.0699. The summed E-state index contributed by atoms with van der Waals surface area (Å²) in [6, 6.07) is 0. The number of hydrogen-bond donors (Lipinski definition) is 2. The number of guanidine groups is 1. The van der Waals surface area contributed by atoms with E-state index in [-0.39, 0.29) is 18.0 Å². The van der Waals surface area contributed by atoms with E-state index in [1.165, 1.54) is 32.1 Å². The van der Waals surface area contributed by atoms with Gasteiger partial charge in [0.15, 0.2) is 5.96 Å². The van der Waals surface area contributed by atoms with Crippen molar-refractivity contribution in [2.45, 2.75) is 58.4 Å². The molecule has 0 aromatic rings. The van der Waals surface area contributed by atoms with E-state index >= 15 is 0 Å². The van der Waals surface area contributed by atoms with Crippen LogP contribution in [-0.4, -0.2) is 49.5 Å². The second kappa shape index (κ2) is 8.25. The number of amides is 1. The molecule has 0 aromatic heterocycles. The van der Waals surface area contributed by atoms with Crippen LogP contribution in [0.1, 0.15) is 52.9 Å². The van der Waals surface area contributed by atoms with Crippen molar-refractivity contribution < 1.29 is 4.79 Å². The molecule has 1 aliphatic rings. The fourth-order valence-corrected chi connectivity index (χ4v) is 2.42. The summed E-state index contributed by atoms with van der Waals surface area (Å²) in [5.41, 5.74) is -0.0699. The van der Waals surface area contributed by atoms with Gasteiger partial charge >= 0.3 is 0 Å². The summed E-state index contributed by atoms with van der Waals surface area (Å²) >= 11 is 0. The van der Waals surface area contributed by atoms with Gasteiger partial charge in [-0.05, 0) is 39.5 Å². The molecule has 0 spiro atoms. The van der Waals surface area contributed by atoms with Crippen molar-refractivity contribution in [2.75, 3.05) is 27.2 Å². The van der Waals surface area contributed by atoms with Crippen LogP contribution in [-0.2, 0) is 4.79 Å². The molecule has 0 atom stereocenters. The van der Waals surface area contributed by atoms with Gasteiger partial charge in [-0.15, -0.1) is 0 Å². The highest BCUT2D eigenvalue weighted by Gasteiger charge is 2.16. The maximum Gasteiger partial charge on any atom is 0.243 e. The van der Waals surface area contributed by atoms with E-state index < -0.39 is 0 Å². The van der Waals surface area contributed by atoms with Gasteiger partial charge in [0, 0.05) is 26.2 Å². The predicted octanol–water partition coefficient (Wildman–Crippen LogP) is 1.99. The van der Waals surface area contributed by atoms with Crippen LogP contribution < -0.4 is 10.6 Å². The van der Waals surface area contributed by atoms with Gasteiger partial charge in [-0.1, -0.05) is 19.3 Å². The average molecular weight is 296 g/mol. The lowest BCUT2D eigenvalue weighted by atomic mass is 9.89. The summed E-state index contributed by atoms with van der Waals surface area (Å²) in [6.07, 6.45) is 6.64.